The van der Waals surface area contributed by atoms with Crippen LogP contribution < -0.4 is 9.47 Å². The molecule has 0 spiro atoms. The first kappa shape index (κ1) is 19.8. The first-order valence-electron chi connectivity index (χ1n) is 8.90. The van der Waals surface area contributed by atoms with Crippen LogP contribution in [0.25, 0.3) is 0 Å². The van der Waals surface area contributed by atoms with Gasteiger partial charge in [0.2, 0.25) is 0 Å². The van der Waals surface area contributed by atoms with Crippen molar-refractivity contribution in [1.82, 2.24) is 0 Å². The Kier molecular flexibility index (Phi) is 6.93. The van der Waals surface area contributed by atoms with E-state index in [4.69, 9.17) is 25.9 Å². The van der Waals surface area contributed by atoms with Crippen molar-refractivity contribution in [2.75, 3.05) is 7.11 Å². The number of methoxy groups -OCH3 is 1. The molecule has 0 aliphatic rings. The average Bonchev–Trinajstić information content (AvgIpc) is 2.72. The van der Waals surface area contributed by atoms with E-state index in [0.29, 0.717) is 29.7 Å². The fourth-order valence-electron chi connectivity index (χ4n) is 2.52. The van der Waals surface area contributed by atoms with E-state index < -0.39 is 0 Å². The summed E-state index contributed by atoms with van der Waals surface area (Å²) in [4.78, 5) is 5.37. The summed E-state index contributed by atoms with van der Waals surface area (Å²) < 4.78 is 11.3. The zero-order valence-corrected chi connectivity index (χ0v) is 16.6. The van der Waals surface area contributed by atoms with Crippen LogP contribution in [0.3, 0.4) is 0 Å². The largest absolute Gasteiger partial charge is 0.493 e. The van der Waals surface area contributed by atoms with Crippen molar-refractivity contribution < 1.29 is 14.3 Å². The van der Waals surface area contributed by atoms with E-state index in [0.717, 1.165) is 16.7 Å². The van der Waals surface area contributed by atoms with Crippen molar-refractivity contribution in [2.45, 2.75) is 20.1 Å². The molecule has 144 valence electrons. The van der Waals surface area contributed by atoms with Crippen LogP contribution in [0.5, 0.6) is 11.5 Å². The Bertz CT molecular complexity index is 922. The van der Waals surface area contributed by atoms with Gasteiger partial charge in [0.05, 0.1) is 13.3 Å². The molecule has 3 aromatic carbocycles. The van der Waals surface area contributed by atoms with Crippen LogP contribution in [0.1, 0.15) is 22.3 Å². The molecule has 28 heavy (non-hydrogen) atoms. The predicted molar refractivity (Wildman–Crippen MR) is 112 cm³/mol. The second kappa shape index (κ2) is 9.81. The molecule has 0 fully saturated rings. The van der Waals surface area contributed by atoms with Gasteiger partial charge in [-0.2, -0.15) is 0 Å². The summed E-state index contributed by atoms with van der Waals surface area (Å²) >= 11 is 5.90. The molecular weight excluding hydrogens is 374 g/mol. The summed E-state index contributed by atoms with van der Waals surface area (Å²) in [5.41, 5.74) is 4.19. The summed E-state index contributed by atoms with van der Waals surface area (Å²) in [6.45, 7) is 2.91. The summed E-state index contributed by atoms with van der Waals surface area (Å²) in [7, 11) is 1.61. The Morgan fingerprint density at radius 3 is 2.25 bits per heavy atom. The van der Waals surface area contributed by atoms with Gasteiger partial charge in [0.1, 0.15) is 13.2 Å². The predicted octanol–water partition coefficient (Wildman–Crippen LogP) is 5.79. The maximum absolute atomic E-state index is 5.90. The second-order valence-electron chi connectivity index (χ2n) is 6.32. The van der Waals surface area contributed by atoms with Crippen molar-refractivity contribution in [1.29, 1.82) is 0 Å². The van der Waals surface area contributed by atoms with Gasteiger partial charge in [-0.05, 0) is 48.4 Å². The highest BCUT2D eigenvalue weighted by molar-refractivity contribution is 6.30. The molecule has 0 N–H and O–H groups in total. The minimum Gasteiger partial charge on any atom is -0.493 e. The lowest BCUT2D eigenvalue weighted by atomic mass is 10.2. The molecular formula is C23H22ClNO3. The molecule has 0 saturated heterocycles. The Labute approximate surface area is 170 Å². The van der Waals surface area contributed by atoms with E-state index in [2.05, 4.69) is 24.2 Å². The molecule has 0 aromatic heterocycles. The van der Waals surface area contributed by atoms with Gasteiger partial charge in [0.25, 0.3) is 0 Å². The van der Waals surface area contributed by atoms with Crippen LogP contribution in [0.4, 0.5) is 0 Å². The quantitative estimate of drug-likeness (QED) is 0.358. The summed E-state index contributed by atoms with van der Waals surface area (Å²) in [5, 5.41) is 4.74. The highest BCUT2D eigenvalue weighted by Gasteiger charge is 2.06. The summed E-state index contributed by atoms with van der Waals surface area (Å²) in [5.74, 6) is 1.30. The first-order chi connectivity index (χ1) is 13.6. The Morgan fingerprint density at radius 2 is 1.54 bits per heavy atom. The van der Waals surface area contributed by atoms with Crippen molar-refractivity contribution in [2.24, 2.45) is 5.16 Å². The molecule has 0 bridgehead atoms. The lowest BCUT2D eigenvalue weighted by Gasteiger charge is -2.11. The van der Waals surface area contributed by atoms with Crippen molar-refractivity contribution in [3.05, 3.63) is 94.0 Å². The molecule has 0 unspecified atom stereocenters. The Hall–Kier alpha value is -2.98. The molecule has 0 atom stereocenters. The second-order valence-corrected chi connectivity index (χ2v) is 6.76. The number of oxime groups is 1. The summed E-state index contributed by atoms with van der Waals surface area (Å²) in [6.07, 6.45) is 1.65. The van der Waals surface area contributed by atoms with Crippen LogP contribution in [-0.2, 0) is 18.1 Å². The Morgan fingerprint density at radius 1 is 0.857 bits per heavy atom. The number of nitrogens with zero attached hydrogens (tertiary/aromatic N) is 1. The van der Waals surface area contributed by atoms with Gasteiger partial charge in [-0.25, -0.2) is 0 Å². The topological polar surface area (TPSA) is 40.0 Å². The highest BCUT2D eigenvalue weighted by Crippen LogP contribution is 2.28. The molecule has 0 aliphatic heterocycles. The van der Waals surface area contributed by atoms with Gasteiger partial charge in [-0.1, -0.05) is 58.7 Å². The van der Waals surface area contributed by atoms with Crippen LogP contribution in [0, 0.1) is 6.92 Å². The zero-order valence-electron chi connectivity index (χ0n) is 15.9. The zero-order chi connectivity index (χ0) is 19.8. The molecule has 4 nitrogen and oxygen atoms in total. The fourth-order valence-corrected chi connectivity index (χ4v) is 2.65. The monoisotopic (exact) mass is 395 g/mol. The number of rotatable bonds is 8. The fraction of sp³-hybridized carbons (Fsp3) is 0.174. The summed E-state index contributed by atoms with van der Waals surface area (Å²) in [6, 6.07) is 21.3. The molecule has 0 amide bonds. The van der Waals surface area contributed by atoms with Crippen LogP contribution in [-0.4, -0.2) is 13.3 Å². The van der Waals surface area contributed by atoms with Gasteiger partial charge >= 0.3 is 0 Å². The molecule has 0 aliphatic carbocycles. The van der Waals surface area contributed by atoms with Crippen molar-refractivity contribution in [3.63, 3.8) is 0 Å². The molecule has 0 heterocycles. The van der Waals surface area contributed by atoms with Crippen molar-refractivity contribution in [3.8, 4) is 11.5 Å². The molecule has 0 radical (unpaired) electrons. The number of aryl methyl sites for hydroxylation is 1. The lowest BCUT2D eigenvalue weighted by Crippen LogP contribution is -1.98. The third-order valence-electron chi connectivity index (χ3n) is 4.12. The number of hydrogen-bond acceptors (Lipinski definition) is 4. The number of halogens is 1. The minimum atomic E-state index is 0.427. The maximum atomic E-state index is 5.90. The minimum absolute atomic E-state index is 0.427. The average molecular weight is 396 g/mol. The molecule has 5 heteroatoms. The van der Waals surface area contributed by atoms with Crippen molar-refractivity contribution >= 4 is 17.8 Å². The van der Waals surface area contributed by atoms with E-state index in [-0.39, 0.29) is 0 Å². The molecule has 0 saturated carbocycles. The maximum Gasteiger partial charge on any atom is 0.161 e. The normalized spacial score (nSPS) is 10.8. The Balaban J connectivity index is 1.57. The third kappa shape index (κ3) is 5.76. The van der Waals surface area contributed by atoms with E-state index in [9.17, 15) is 0 Å². The van der Waals surface area contributed by atoms with Gasteiger partial charge < -0.3 is 14.3 Å². The van der Waals surface area contributed by atoms with Gasteiger partial charge in [-0.15, -0.1) is 0 Å². The van der Waals surface area contributed by atoms with E-state index >= 15 is 0 Å². The lowest BCUT2D eigenvalue weighted by molar-refractivity contribution is 0.132. The molecule has 3 aromatic rings. The van der Waals surface area contributed by atoms with Gasteiger partial charge in [0.15, 0.2) is 11.5 Å². The number of hydrogen-bond donors (Lipinski definition) is 0. The number of ether oxygens (including phenoxy) is 2. The van der Waals surface area contributed by atoms with Crippen LogP contribution >= 0.6 is 11.6 Å². The highest BCUT2D eigenvalue weighted by atomic mass is 35.5. The SMILES string of the molecule is COc1cc(/C=N\OCc2ccc(C)cc2)ccc1OCc1ccc(Cl)cc1. The van der Waals surface area contributed by atoms with Crippen LogP contribution in [0.15, 0.2) is 71.9 Å². The third-order valence-corrected chi connectivity index (χ3v) is 4.38. The number of benzene rings is 3. The molecule has 3 rings (SSSR count). The standard InChI is InChI=1S/C23H22ClNO3/c1-17-3-5-19(6-4-17)16-28-25-14-20-9-12-22(23(13-20)26-2)27-15-18-7-10-21(24)11-8-18/h3-14H,15-16H2,1-2H3/b25-14-. The first-order valence-corrected chi connectivity index (χ1v) is 9.28. The van der Waals surface area contributed by atoms with E-state index in [1.807, 2.05) is 54.6 Å². The van der Waals surface area contributed by atoms with Gasteiger partial charge in [-0.3, -0.25) is 0 Å². The van der Waals surface area contributed by atoms with E-state index in [1.54, 1.807) is 13.3 Å². The van der Waals surface area contributed by atoms with Crippen LogP contribution in [0.2, 0.25) is 5.02 Å². The smallest absolute Gasteiger partial charge is 0.161 e. The van der Waals surface area contributed by atoms with E-state index in [1.165, 1.54) is 5.56 Å². The van der Waals surface area contributed by atoms with Gasteiger partial charge in [0, 0.05) is 10.6 Å².